The number of carbonyl (C=O) groups is 2. The van der Waals surface area contributed by atoms with Crippen molar-refractivity contribution in [2.75, 3.05) is 5.32 Å². The van der Waals surface area contributed by atoms with E-state index in [1.165, 1.54) is 0 Å². The van der Waals surface area contributed by atoms with Crippen LogP contribution in [-0.4, -0.2) is 26.0 Å². The number of aromatic nitrogens is 3. The Labute approximate surface area is 156 Å². The number of Topliss-reactive ketones (excluding diaryl/α,β-unsaturated/α-hetero) is 1. The lowest BCUT2D eigenvalue weighted by atomic mass is 10.1. The lowest BCUT2D eigenvalue weighted by Crippen LogP contribution is -2.22. The summed E-state index contributed by atoms with van der Waals surface area (Å²) in [5.41, 5.74) is 2.79. The summed E-state index contributed by atoms with van der Waals surface area (Å²) in [6.07, 6.45) is 5.27. The molecule has 0 unspecified atom stereocenters. The Morgan fingerprint density at radius 2 is 1.81 bits per heavy atom. The highest BCUT2D eigenvalue weighted by atomic mass is 16.2. The molecule has 1 amide bonds. The van der Waals surface area contributed by atoms with E-state index in [4.69, 9.17) is 0 Å². The molecule has 4 rings (SSSR count). The number of nitrogens with one attached hydrogen (secondary N) is 1. The molecule has 0 fully saturated rings. The maximum absolute atomic E-state index is 12.7. The van der Waals surface area contributed by atoms with Crippen LogP contribution in [0.15, 0.2) is 73.2 Å². The molecule has 6 nitrogen and oxygen atoms in total. The van der Waals surface area contributed by atoms with Crippen LogP contribution in [0.5, 0.6) is 0 Å². The predicted molar refractivity (Wildman–Crippen MR) is 104 cm³/mol. The fourth-order valence-corrected chi connectivity index (χ4v) is 3.12. The highest BCUT2D eigenvalue weighted by Crippen LogP contribution is 2.22. The van der Waals surface area contributed by atoms with E-state index in [0.29, 0.717) is 11.3 Å². The molecule has 27 heavy (non-hydrogen) atoms. The van der Waals surface area contributed by atoms with E-state index < -0.39 is 11.7 Å². The maximum Gasteiger partial charge on any atom is 0.296 e. The summed E-state index contributed by atoms with van der Waals surface area (Å²) in [6.45, 7) is 2.73. The molecule has 0 radical (unpaired) electrons. The van der Waals surface area contributed by atoms with Gasteiger partial charge in [0.05, 0.1) is 11.3 Å². The molecule has 0 aliphatic rings. The zero-order valence-corrected chi connectivity index (χ0v) is 14.8. The maximum atomic E-state index is 12.7. The summed E-state index contributed by atoms with van der Waals surface area (Å²) < 4.78 is 3.69. The molecular formula is C21H18N4O2. The molecule has 0 aliphatic heterocycles. The number of hydrogen-bond donors (Lipinski definition) is 1. The standard InChI is InChI=1S/C21H18N4O2/c1-2-24-14-18(17-6-3-4-7-19(17)24)20(26)21(27)23-15-8-10-16(11-9-15)25-13-5-12-22-25/h3-14H,2H2,1H3,(H,23,27). The largest absolute Gasteiger partial charge is 0.347 e. The predicted octanol–water partition coefficient (Wildman–Crippen LogP) is 3.67. The third kappa shape index (κ3) is 3.13. The van der Waals surface area contributed by atoms with Crippen molar-refractivity contribution in [2.24, 2.45) is 0 Å². The van der Waals surface area contributed by atoms with E-state index in [-0.39, 0.29) is 0 Å². The number of benzene rings is 2. The molecule has 2 aromatic carbocycles. The molecule has 134 valence electrons. The Bertz CT molecular complexity index is 1110. The first-order valence-electron chi connectivity index (χ1n) is 8.71. The molecule has 2 heterocycles. The molecule has 0 saturated carbocycles. The van der Waals surface area contributed by atoms with Crippen molar-refractivity contribution >= 4 is 28.3 Å². The zero-order valence-electron chi connectivity index (χ0n) is 14.8. The molecule has 2 aromatic heterocycles. The van der Waals surface area contributed by atoms with Crippen molar-refractivity contribution in [2.45, 2.75) is 13.5 Å². The second kappa shape index (κ2) is 6.92. The van der Waals surface area contributed by atoms with Crippen LogP contribution in [0.25, 0.3) is 16.6 Å². The Hall–Kier alpha value is -3.67. The van der Waals surface area contributed by atoms with Gasteiger partial charge in [0.15, 0.2) is 0 Å². The number of amides is 1. The number of rotatable bonds is 5. The second-order valence-electron chi connectivity index (χ2n) is 6.13. The quantitative estimate of drug-likeness (QED) is 0.437. The van der Waals surface area contributed by atoms with Crippen molar-refractivity contribution in [3.8, 4) is 5.69 Å². The molecule has 0 aliphatic carbocycles. The Morgan fingerprint density at radius 3 is 2.52 bits per heavy atom. The van der Waals surface area contributed by atoms with Gasteiger partial charge >= 0.3 is 0 Å². The van der Waals surface area contributed by atoms with Gasteiger partial charge in [0.2, 0.25) is 0 Å². The number of aryl methyl sites for hydroxylation is 1. The first-order chi connectivity index (χ1) is 13.2. The SMILES string of the molecule is CCn1cc(C(=O)C(=O)Nc2ccc(-n3cccn3)cc2)c2ccccc21. The van der Waals surface area contributed by atoms with Gasteiger partial charge in [0, 0.05) is 41.7 Å². The fraction of sp³-hybridized carbons (Fsp3) is 0.0952. The zero-order chi connectivity index (χ0) is 18.8. The molecule has 4 aromatic rings. The van der Waals surface area contributed by atoms with Crippen LogP contribution in [-0.2, 0) is 11.3 Å². The van der Waals surface area contributed by atoms with Crippen LogP contribution < -0.4 is 5.32 Å². The number of nitrogens with zero attached hydrogens (tertiary/aromatic N) is 3. The lowest BCUT2D eigenvalue weighted by molar-refractivity contribution is -0.112. The first kappa shape index (κ1) is 16.8. The van der Waals surface area contributed by atoms with Crippen molar-refractivity contribution < 1.29 is 9.59 Å². The summed E-state index contributed by atoms with van der Waals surface area (Å²) >= 11 is 0. The summed E-state index contributed by atoms with van der Waals surface area (Å²) in [4.78, 5) is 25.2. The molecule has 0 spiro atoms. The van der Waals surface area contributed by atoms with Crippen LogP contribution in [0.4, 0.5) is 5.69 Å². The summed E-state index contributed by atoms with van der Waals surface area (Å²) in [6, 6.07) is 16.6. The van der Waals surface area contributed by atoms with Crippen LogP contribution >= 0.6 is 0 Å². The topological polar surface area (TPSA) is 68.9 Å². The third-order valence-electron chi connectivity index (χ3n) is 4.47. The minimum atomic E-state index is -0.652. The second-order valence-corrected chi connectivity index (χ2v) is 6.13. The summed E-state index contributed by atoms with van der Waals surface area (Å²) in [5.74, 6) is -1.20. The van der Waals surface area contributed by atoms with Crippen molar-refractivity contribution in [3.63, 3.8) is 0 Å². The summed E-state index contributed by atoms with van der Waals surface area (Å²) in [5, 5.41) is 7.62. The van der Waals surface area contributed by atoms with Crippen LogP contribution in [0.2, 0.25) is 0 Å². The third-order valence-corrected chi connectivity index (χ3v) is 4.47. The van der Waals surface area contributed by atoms with Gasteiger partial charge < -0.3 is 9.88 Å². The number of fused-ring (bicyclic) bond motifs is 1. The lowest BCUT2D eigenvalue weighted by Gasteiger charge is -2.06. The Morgan fingerprint density at radius 1 is 1.04 bits per heavy atom. The van der Waals surface area contributed by atoms with Gasteiger partial charge in [-0.1, -0.05) is 18.2 Å². The van der Waals surface area contributed by atoms with Crippen LogP contribution in [0.3, 0.4) is 0 Å². The Kier molecular flexibility index (Phi) is 4.30. The van der Waals surface area contributed by atoms with Crippen molar-refractivity contribution in [1.82, 2.24) is 14.3 Å². The highest BCUT2D eigenvalue weighted by Gasteiger charge is 2.21. The number of carbonyl (C=O) groups excluding carboxylic acids is 2. The van der Waals surface area contributed by atoms with Crippen LogP contribution in [0.1, 0.15) is 17.3 Å². The van der Waals surface area contributed by atoms with Gasteiger partial charge in [0.25, 0.3) is 11.7 Å². The van der Waals surface area contributed by atoms with Crippen molar-refractivity contribution in [3.05, 3.63) is 78.8 Å². The monoisotopic (exact) mass is 358 g/mol. The first-order valence-corrected chi connectivity index (χ1v) is 8.71. The average molecular weight is 358 g/mol. The van der Waals surface area contributed by atoms with E-state index in [2.05, 4.69) is 10.4 Å². The van der Waals surface area contributed by atoms with Gasteiger partial charge in [-0.3, -0.25) is 9.59 Å². The number of para-hydroxylation sites is 1. The normalized spacial score (nSPS) is 10.9. The van der Waals surface area contributed by atoms with Gasteiger partial charge in [-0.05, 0) is 43.3 Å². The van der Waals surface area contributed by atoms with Crippen LogP contribution in [0, 0.1) is 0 Å². The van der Waals surface area contributed by atoms with E-state index in [9.17, 15) is 9.59 Å². The van der Waals surface area contributed by atoms with E-state index in [1.54, 1.807) is 29.2 Å². The van der Waals surface area contributed by atoms with Gasteiger partial charge in [-0.15, -0.1) is 0 Å². The average Bonchev–Trinajstić information content (AvgIpc) is 3.36. The van der Waals surface area contributed by atoms with Gasteiger partial charge in [-0.2, -0.15) is 5.10 Å². The van der Waals surface area contributed by atoms with E-state index >= 15 is 0 Å². The number of hydrogen-bond acceptors (Lipinski definition) is 3. The van der Waals surface area contributed by atoms with Crippen molar-refractivity contribution in [1.29, 1.82) is 0 Å². The number of anilines is 1. The molecule has 0 bridgehead atoms. The number of ketones is 1. The van der Waals surface area contributed by atoms with Gasteiger partial charge in [0.1, 0.15) is 0 Å². The van der Waals surface area contributed by atoms with E-state index in [1.807, 2.05) is 60.2 Å². The highest BCUT2D eigenvalue weighted by molar-refractivity contribution is 6.48. The molecule has 0 atom stereocenters. The molecular weight excluding hydrogens is 340 g/mol. The Balaban J connectivity index is 1.56. The fourth-order valence-electron chi connectivity index (χ4n) is 3.12. The minimum Gasteiger partial charge on any atom is -0.347 e. The van der Waals surface area contributed by atoms with Gasteiger partial charge in [-0.25, -0.2) is 4.68 Å². The minimum absolute atomic E-state index is 0.415. The smallest absolute Gasteiger partial charge is 0.296 e. The molecule has 0 saturated heterocycles. The summed E-state index contributed by atoms with van der Waals surface area (Å²) in [7, 11) is 0. The molecule has 6 heteroatoms. The van der Waals surface area contributed by atoms with E-state index in [0.717, 1.165) is 23.1 Å². The molecule has 1 N–H and O–H groups in total.